The molecule has 2 N–H and O–H groups in total. The summed E-state index contributed by atoms with van der Waals surface area (Å²) in [4.78, 5) is 38.7. The van der Waals surface area contributed by atoms with Gasteiger partial charge in [-0.15, -0.1) is 0 Å². The molecule has 2 amide bonds. The monoisotopic (exact) mass is 330 g/mol. The number of benzene rings is 1. The van der Waals surface area contributed by atoms with Crippen LogP contribution in [0.15, 0.2) is 29.1 Å². The summed E-state index contributed by atoms with van der Waals surface area (Å²) >= 11 is 0. The molecule has 7 nitrogen and oxygen atoms in total. The SMILES string of the molecule is CCn1c(=O)n(C(C)C(=O)N2CCCC2C(N)=O)c2ccccc21. The van der Waals surface area contributed by atoms with Crippen LogP contribution in [0.25, 0.3) is 11.0 Å². The van der Waals surface area contributed by atoms with E-state index in [0.29, 0.717) is 19.5 Å². The highest BCUT2D eigenvalue weighted by atomic mass is 16.2. The Morgan fingerprint density at radius 3 is 2.58 bits per heavy atom. The number of primary amides is 1. The number of amides is 2. The van der Waals surface area contributed by atoms with Crippen molar-refractivity contribution >= 4 is 22.8 Å². The van der Waals surface area contributed by atoms with Gasteiger partial charge in [-0.2, -0.15) is 0 Å². The number of likely N-dealkylation sites (tertiary alicyclic amines) is 1. The van der Waals surface area contributed by atoms with Crippen LogP contribution in [0.4, 0.5) is 0 Å². The number of nitrogens with zero attached hydrogens (tertiary/aromatic N) is 3. The van der Waals surface area contributed by atoms with Crippen molar-refractivity contribution in [3.05, 3.63) is 34.7 Å². The molecule has 0 radical (unpaired) electrons. The molecule has 1 aromatic heterocycles. The highest BCUT2D eigenvalue weighted by Gasteiger charge is 2.36. The number of fused-ring (bicyclic) bond motifs is 1. The zero-order chi connectivity index (χ0) is 17.4. The number of aromatic nitrogens is 2. The number of hydrogen-bond donors (Lipinski definition) is 1. The fourth-order valence-electron chi connectivity index (χ4n) is 3.59. The highest BCUT2D eigenvalue weighted by molar-refractivity contribution is 5.90. The van der Waals surface area contributed by atoms with Gasteiger partial charge in [0.05, 0.1) is 11.0 Å². The van der Waals surface area contributed by atoms with Gasteiger partial charge in [-0.1, -0.05) is 12.1 Å². The summed E-state index contributed by atoms with van der Waals surface area (Å²) in [5, 5.41) is 0. The summed E-state index contributed by atoms with van der Waals surface area (Å²) in [6.07, 6.45) is 1.33. The van der Waals surface area contributed by atoms with Gasteiger partial charge in [0.25, 0.3) is 0 Å². The highest BCUT2D eigenvalue weighted by Crippen LogP contribution is 2.23. The Morgan fingerprint density at radius 1 is 1.29 bits per heavy atom. The molecule has 128 valence electrons. The molecule has 0 spiro atoms. The summed E-state index contributed by atoms with van der Waals surface area (Å²) < 4.78 is 3.16. The molecular weight excluding hydrogens is 308 g/mol. The quantitative estimate of drug-likeness (QED) is 0.901. The molecule has 1 aromatic carbocycles. The Morgan fingerprint density at radius 2 is 1.96 bits per heavy atom. The van der Waals surface area contributed by atoms with Crippen LogP contribution in [0.2, 0.25) is 0 Å². The number of rotatable bonds is 4. The molecular formula is C17H22N4O3. The summed E-state index contributed by atoms with van der Waals surface area (Å²) in [7, 11) is 0. The summed E-state index contributed by atoms with van der Waals surface area (Å²) in [6, 6.07) is 6.16. The first-order valence-corrected chi connectivity index (χ1v) is 8.27. The van der Waals surface area contributed by atoms with Gasteiger partial charge in [0.2, 0.25) is 11.8 Å². The summed E-state index contributed by atoms with van der Waals surface area (Å²) in [6.45, 7) is 4.62. The van der Waals surface area contributed by atoms with Gasteiger partial charge < -0.3 is 10.6 Å². The van der Waals surface area contributed by atoms with Gasteiger partial charge in [0.15, 0.2) is 0 Å². The van der Waals surface area contributed by atoms with Crippen molar-refractivity contribution in [3.63, 3.8) is 0 Å². The number of aryl methyl sites for hydroxylation is 1. The number of para-hydroxylation sites is 2. The van der Waals surface area contributed by atoms with Gasteiger partial charge in [-0.25, -0.2) is 4.79 Å². The largest absolute Gasteiger partial charge is 0.368 e. The van der Waals surface area contributed by atoms with Crippen LogP contribution in [0.1, 0.15) is 32.7 Å². The van der Waals surface area contributed by atoms with Crippen LogP contribution in [0.5, 0.6) is 0 Å². The average Bonchev–Trinajstić information content (AvgIpc) is 3.15. The number of nitrogens with two attached hydrogens (primary N) is 1. The molecule has 7 heteroatoms. The smallest absolute Gasteiger partial charge is 0.329 e. The van der Waals surface area contributed by atoms with Gasteiger partial charge in [0, 0.05) is 13.1 Å². The molecule has 2 atom stereocenters. The molecule has 2 aromatic rings. The van der Waals surface area contributed by atoms with Gasteiger partial charge in [0.1, 0.15) is 12.1 Å². The lowest BCUT2D eigenvalue weighted by atomic mass is 10.2. The molecule has 2 unspecified atom stereocenters. The van der Waals surface area contributed by atoms with Crippen LogP contribution < -0.4 is 11.4 Å². The Hall–Kier alpha value is -2.57. The first-order chi connectivity index (χ1) is 11.5. The first kappa shape index (κ1) is 16.3. The Labute approximate surface area is 139 Å². The maximum atomic E-state index is 12.9. The third kappa shape index (κ3) is 2.40. The second kappa shape index (κ2) is 6.14. The second-order valence-electron chi connectivity index (χ2n) is 6.15. The predicted molar refractivity (Wildman–Crippen MR) is 90.5 cm³/mol. The van der Waals surface area contributed by atoms with Gasteiger partial charge >= 0.3 is 5.69 Å². The van der Waals surface area contributed by atoms with E-state index in [1.807, 2.05) is 31.2 Å². The number of hydrogen-bond acceptors (Lipinski definition) is 3. The summed E-state index contributed by atoms with van der Waals surface area (Å²) in [5.41, 5.74) is 6.72. The lowest BCUT2D eigenvalue weighted by Crippen LogP contribution is -2.47. The first-order valence-electron chi connectivity index (χ1n) is 8.27. The van der Waals surface area contributed by atoms with E-state index in [-0.39, 0.29) is 11.6 Å². The molecule has 0 bridgehead atoms. The normalized spacial score (nSPS) is 18.9. The van der Waals surface area contributed by atoms with Crippen molar-refractivity contribution < 1.29 is 9.59 Å². The van der Waals surface area contributed by atoms with Crippen LogP contribution in [-0.4, -0.2) is 38.4 Å². The van der Waals surface area contributed by atoms with Crippen LogP contribution in [-0.2, 0) is 16.1 Å². The maximum Gasteiger partial charge on any atom is 0.329 e. The van der Waals surface area contributed by atoms with E-state index in [0.717, 1.165) is 17.5 Å². The van der Waals surface area contributed by atoms with Crippen molar-refractivity contribution in [2.45, 2.75) is 45.3 Å². The Balaban J connectivity index is 2.04. The predicted octanol–water partition coefficient (Wildman–Crippen LogP) is 0.860. The topological polar surface area (TPSA) is 90.3 Å². The number of carbonyl (C=O) groups excluding carboxylic acids is 2. The van der Waals surface area contributed by atoms with E-state index in [4.69, 9.17) is 5.73 Å². The number of imidazole rings is 1. The average molecular weight is 330 g/mol. The van der Waals surface area contributed by atoms with E-state index in [9.17, 15) is 14.4 Å². The Kier molecular flexibility index (Phi) is 4.17. The van der Waals surface area contributed by atoms with Crippen molar-refractivity contribution in [2.75, 3.05) is 6.54 Å². The molecule has 0 saturated carbocycles. The zero-order valence-corrected chi connectivity index (χ0v) is 13.9. The third-order valence-corrected chi connectivity index (χ3v) is 4.79. The maximum absolute atomic E-state index is 12.9. The molecule has 1 fully saturated rings. The lowest BCUT2D eigenvalue weighted by Gasteiger charge is -2.26. The molecule has 1 aliphatic rings. The molecule has 1 aliphatic heterocycles. The van der Waals surface area contributed by atoms with E-state index >= 15 is 0 Å². The van der Waals surface area contributed by atoms with Gasteiger partial charge in [-0.3, -0.25) is 18.7 Å². The fraction of sp³-hybridized carbons (Fsp3) is 0.471. The number of carbonyl (C=O) groups is 2. The molecule has 1 saturated heterocycles. The molecule has 0 aliphatic carbocycles. The minimum Gasteiger partial charge on any atom is -0.368 e. The molecule has 24 heavy (non-hydrogen) atoms. The van der Waals surface area contributed by atoms with E-state index in [1.54, 1.807) is 11.5 Å². The Bertz CT molecular complexity index is 851. The van der Waals surface area contributed by atoms with Crippen LogP contribution in [0, 0.1) is 0 Å². The summed E-state index contributed by atoms with van der Waals surface area (Å²) in [5.74, 6) is -0.728. The van der Waals surface area contributed by atoms with E-state index < -0.39 is 18.0 Å². The zero-order valence-electron chi connectivity index (χ0n) is 13.9. The van der Waals surface area contributed by atoms with Crippen LogP contribution in [0.3, 0.4) is 0 Å². The van der Waals surface area contributed by atoms with Crippen molar-refractivity contribution in [1.29, 1.82) is 0 Å². The molecule has 3 rings (SSSR count). The van der Waals surface area contributed by atoms with Gasteiger partial charge in [-0.05, 0) is 38.8 Å². The van der Waals surface area contributed by atoms with E-state index in [1.165, 1.54) is 9.47 Å². The minimum absolute atomic E-state index is 0.214. The standard InChI is InChI=1S/C17H22N4O3/c1-3-19-12-7-4-5-8-13(12)21(17(19)24)11(2)16(23)20-10-6-9-14(20)15(18)22/h4-5,7-8,11,14H,3,6,9-10H2,1-2H3,(H2,18,22). The third-order valence-electron chi connectivity index (χ3n) is 4.79. The minimum atomic E-state index is -0.685. The van der Waals surface area contributed by atoms with Crippen molar-refractivity contribution in [3.8, 4) is 0 Å². The lowest BCUT2D eigenvalue weighted by molar-refractivity contribution is -0.139. The van der Waals surface area contributed by atoms with Crippen molar-refractivity contribution in [2.24, 2.45) is 5.73 Å². The van der Waals surface area contributed by atoms with Crippen molar-refractivity contribution in [1.82, 2.24) is 14.0 Å². The van der Waals surface area contributed by atoms with Crippen LogP contribution >= 0.6 is 0 Å². The second-order valence-corrected chi connectivity index (χ2v) is 6.15. The fourth-order valence-corrected chi connectivity index (χ4v) is 3.59. The molecule has 2 heterocycles. The van der Waals surface area contributed by atoms with E-state index in [2.05, 4.69) is 0 Å².